The summed E-state index contributed by atoms with van der Waals surface area (Å²) >= 11 is 3.32. The number of barbiturate groups is 1. The molecule has 8 heteroatoms. The molecule has 0 unspecified atom stereocenters. The maximum absolute atomic E-state index is 12.8. The molecular weight excluding hydrogens is 402 g/mol. The molecule has 0 aromatic heterocycles. The third kappa shape index (κ3) is 3.50. The van der Waals surface area contributed by atoms with Crippen molar-refractivity contribution >= 4 is 51.4 Å². The van der Waals surface area contributed by atoms with Crippen LogP contribution in [0.4, 0.5) is 16.2 Å². The van der Waals surface area contributed by atoms with Crippen molar-refractivity contribution in [2.45, 2.75) is 0 Å². The Morgan fingerprint density at radius 1 is 1.12 bits per heavy atom. The lowest BCUT2D eigenvalue weighted by Crippen LogP contribution is -2.58. The Kier molecular flexibility index (Phi) is 5.13. The van der Waals surface area contributed by atoms with Gasteiger partial charge in [-0.3, -0.25) is 19.9 Å². The number of amides is 4. The highest BCUT2D eigenvalue weighted by molar-refractivity contribution is 9.10. The molecule has 0 bridgehead atoms. The Balaban J connectivity index is 1.91. The van der Waals surface area contributed by atoms with Gasteiger partial charge in [0.1, 0.15) is 5.75 Å². The van der Waals surface area contributed by atoms with E-state index in [0.717, 1.165) is 9.37 Å². The Labute approximate surface area is 157 Å². The molecule has 1 aliphatic heterocycles. The average molecular weight is 416 g/mol. The summed E-state index contributed by atoms with van der Waals surface area (Å²) < 4.78 is 6.09. The Morgan fingerprint density at radius 3 is 2.50 bits per heavy atom. The minimum atomic E-state index is -1.22. The number of anilines is 1. The molecule has 3 rings (SSSR count). The number of urea groups is 1. The van der Waals surface area contributed by atoms with Crippen LogP contribution < -0.4 is 15.0 Å². The van der Waals surface area contributed by atoms with Gasteiger partial charge in [0, 0.05) is 10.7 Å². The van der Waals surface area contributed by atoms with Gasteiger partial charge in [-0.15, -0.1) is 0 Å². The van der Waals surface area contributed by atoms with E-state index in [1.165, 1.54) is 13.3 Å². The number of halogens is 1. The quantitative estimate of drug-likeness (QED) is 0.613. The van der Waals surface area contributed by atoms with E-state index in [4.69, 9.17) is 4.74 Å². The van der Waals surface area contributed by atoms with E-state index in [-0.39, 0.29) is 5.69 Å². The molecule has 2 aromatic rings. The second-order valence-electron chi connectivity index (χ2n) is 5.37. The molecule has 1 heterocycles. The number of imide groups is 2. The van der Waals surface area contributed by atoms with E-state index < -0.39 is 23.8 Å². The summed E-state index contributed by atoms with van der Waals surface area (Å²) in [4.78, 5) is 42.2. The summed E-state index contributed by atoms with van der Waals surface area (Å²) in [6.45, 7) is 0. The third-order valence-corrected chi connectivity index (χ3v) is 4.26. The second-order valence-corrected chi connectivity index (χ2v) is 6.29. The van der Waals surface area contributed by atoms with Crippen molar-refractivity contribution in [1.82, 2.24) is 5.32 Å². The average Bonchev–Trinajstić information content (AvgIpc) is 2.63. The van der Waals surface area contributed by atoms with Crippen LogP contribution in [-0.2, 0) is 9.59 Å². The van der Waals surface area contributed by atoms with Crippen LogP contribution in [0.2, 0.25) is 0 Å². The predicted octanol–water partition coefficient (Wildman–Crippen LogP) is 3.06. The monoisotopic (exact) mass is 415 g/mol. The minimum absolute atomic E-state index is 0.257. The standard InChI is InChI=1S/C18H14BrN3O4/c1-26-15-5-3-2-4-14(15)22-17(24)13(16(23)21-18(22)25)10-20-12-8-6-11(19)7-9-12/h2-10,13H,1H3,(H,21,23,25)/t13-/m1/s1. The van der Waals surface area contributed by atoms with E-state index in [9.17, 15) is 14.4 Å². The summed E-state index contributed by atoms with van der Waals surface area (Å²) in [6.07, 6.45) is 1.23. The van der Waals surface area contributed by atoms with Crippen molar-refractivity contribution in [3.63, 3.8) is 0 Å². The van der Waals surface area contributed by atoms with Crippen molar-refractivity contribution in [3.8, 4) is 5.75 Å². The molecule has 0 radical (unpaired) electrons. The number of carbonyl (C=O) groups is 3. The molecule has 0 aliphatic carbocycles. The molecule has 1 fully saturated rings. The molecule has 1 atom stereocenters. The summed E-state index contributed by atoms with van der Waals surface area (Å²) in [6, 6.07) is 12.8. The second kappa shape index (κ2) is 7.49. The Morgan fingerprint density at radius 2 is 1.81 bits per heavy atom. The summed E-state index contributed by atoms with van der Waals surface area (Å²) in [5, 5.41) is 2.18. The highest BCUT2D eigenvalue weighted by atomic mass is 79.9. The zero-order chi connectivity index (χ0) is 18.7. The van der Waals surface area contributed by atoms with Crippen LogP contribution in [0.5, 0.6) is 5.75 Å². The maximum atomic E-state index is 12.8. The fraction of sp³-hybridized carbons (Fsp3) is 0.111. The predicted molar refractivity (Wildman–Crippen MR) is 99.8 cm³/mol. The Hall–Kier alpha value is -3.00. The van der Waals surface area contributed by atoms with Crippen molar-refractivity contribution in [1.29, 1.82) is 0 Å². The van der Waals surface area contributed by atoms with Gasteiger partial charge in [-0.05, 0) is 36.4 Å². The molecule has 1 aliphatic rings. The lowest BCUT2D eigenvalue weighted by atomic mass is 10.1. The highest BCUT2D eigenvalue weighted by Crippen LogP contribution is 2.30. The van der Waals surface area contributed by atoms with Gasteiger partial charge in [0.25, 0.3) is 5.91 Å². The van der Waals surface area contributed by atoms with Crippen molar-refractivity contribution in [3.05, 3.63) is 53.0 Å². The van der Waals surface area contributed by atoms with Gasteiger partial charge in [0.15, 0.2) is 5.92 Å². The zero-order valence-corrected chi connectivity index (χ0v) is 15.3. The van der Waals surface area contributed by atoms with Crippen LogP contribution in [0.15, 0.2) is 58.0 Å². The number of hydrogen-bond donors (Lipinski definition) is 1. The van der Waals surface area contributed by atoms with Gasteiger partial charge in [0.05, 0.1) is 18.5 Å². The van der Waals surface area contributed by atoms with Gasteiger partial charge in [0.2, 0.25) is 5.91 Å². The fourth-order valence-corrected chi connectivity index (χ4v) is 2.72. The lowest BCUT2D eigenvalue weighted by molar-refractivity contribution is -0.131. The number of hydrogen-bond acceptors (Lipinski definition) is 5. The third-order valence-electron chi connectivity index (χ3n) is 3.73. The molecule has 1 saturated heterocycles. The zero-order valence-electron chi connectivity index (χ0n) is 13.7. The molecule has 7 nitrogen and oxygen atoms in total. The normalized spacial score (nSPS) is 17.5. The maximum Gasteiger partial charge on any atom is 0.335 e. The smallest absolute Gasteiger partial charge is 0.335 e. The first-order valence-corrected chi connectivity index (χ1v) is 8.42. The first kappa shape index (κ1) is 17.8. The van der Waals surface area contributed by atoms with E-state index in [1.807, 2.05) is 0 Å². The number of nitrogens with one attached hydrogen (secondary N) is 1. The number of carbonyl (C=O) groups excluding carboxylic acids is 3. The van der Waals surface area contributed by atoms with Gasteiger partial charge < -0.3 is 4.74 Å². The Bertz CT molecular complexity index is 896. The molecule has 26 heavy (non-hydrogen) atoms. The number of rotatable bonds is 4. The number of ether oxygens (including phenoxy) is 1. The number of nitrogens with zero attached hydrogens (tertiary/aromatic N) is 2. The van der Waals surface area contributed by atoms with Crippen molar-refractivity contribution in [2.24, 2.45) is 10.9 Å². The van der Waals surface area contributed by atoms with Gasteiger partial charge in [-0.2, -0.15) is 0 Å². The van der Waals surface area contributed by atoms with Gasteiger partial charge in [-0.25, -0.2) is 9.69 Å². The molecule has 132 valence electrons. The van der Waals surface area contributed by atoms with Crippen molar-refractivity contribution < 1.29 is 19.1 Å². The van der Waals surface area contributed by atoms with Crippen molar-refractivity contribution in [2.75, 3.05) is 12.0 Å². The first-order valence-electron chi connectivity index (χ1n) is 7.63. The van der Waals surface area contributed by atoms with E-state index in [1.54, 1.807) is 48.5 Å². The van der Waals surface area contributed by atoms with Gasteiger partial charge >= 0.3 is 6.03 Å². The number of aliphatic imine (C=N–C) groups is 1. The van der Waals surface area contributed by atoms with Crippen LogP contribution in [0.3, 0.4) is 0 Å². The van der Waals surface area contributed by atoms with E-state index in [0.29, 0.717) is 11.4 Å². The first-order chi connectivity index (χ1) is 12.5. The molecule has 4 amide bonds. The van der Waals surface area contributed by atoms with Crippen LogP contribution in [-0.4, -0.2) is 31.2 Å². The highest BCUT2D eigenvalue weighted by Gasteiger charge is 2.41. The van der Waals surface area contributed by atoms with Crippen LogP contribution in [0, 0.1) is 5.92 Å². The van der Waals surface area contributed by atoms with Crippen LogP contribution in [0.1, 0.15) is 0 Å². The van der Waals surface area contributed by atoms with Crippen LogP contribution in [0.25, 0.3) is 0 Å². The largest absolute Gasteiger partial charge is 0.495 e. The number of benzene rings is 2. The van der Waals surface area contributed by atoms with E-state index in [2.05, 4.69) is 26.2 Å². The molecular formula is C18H14BrN3O4. The molecule has 1 N–H and O–H groups in total. The topological polar surface area (TPSA) is 88.1 Å². The summed E-state index contributed by atoms with van der Waals surface area (Å²) in [5.41, 5.74) is 0.835. The molecule has 0 saturated carbocycles. The van der Waals surface area contributed by atoms with E-state index >= 15 is 0 Å². The number of para-hydroxylation sites is 2. The molecule has 2 aromatic carbocycles. The number of methoxy groups -OCH3 is 1. The van der Waals surface area contributed by atoms with Gasteiger partial charge in [-0.1, -0.05) is 28.1 Å². The summed E-state index contributed by atoms with van der Waals surface area (Å²) in [5.74, 6) is -2.29. The van der Waals surface area contributed by atoms with Crippen LogP contribution >= 0.6 is 15.9 Å². The minimum Gasteiger partial charge on any atom is -0.495 e. The summed E-state index contributed by atoms with van der Waals surface area (Å²) in [7, 11) is 1.43. The SMILES string of the molecule is COc1ccccc1N1C(=O)NC(=O)[C@@H](C=Nc2ccc(Br)cc2)C1=O. The fourth-order valence-electron chi connectivity index (χ4n) is 2.45. The molecule has 0 spiro atoms. The lowest BCUT2D eigenvalue weighted by Gasteiger charge is -2.29.